The van der Waals surface area contributed by atoms with Crippen molar-refractivity contribution in [1.82, 2.24) is 14.9 Å². The van der Waals surface area contributed by atoms with Gasteiger partial charge in [0.25, 0.3) is 5.91 Å². The summed E-state index contributed by atoms with van der Waals surface area (Å²) in [5.41, 5.74) is 1.18. The summed E-state index contributed by atoms with van der Waals surface area (Å²) in [6.45, 7) is 3.65. The summed E-state index contributed by atoms with van der Waals surface area (Å²) in [7, 11) is 0. The van der Waals surface area contributed by atoms with Gasteiger partial charge >= 0.3 is 0 Å². The summed E-state index contributed by atoms with van der Waals surface area (Å²) in [6, 6.07) is 4.37. The Morgan fingerprint density at radius 3 is 3.09 bits per heavy atom. The van der Waals surface area contributed by atoms with Gasteiger partial charge in [-0.1, -0.05) is 6.07 Å². The predicted molar refractivity (Wildman–Crippen MR) is 83.2 cm³/mol. The molecule has 0 radical (unpaired) electrons. The number of carbonyl (C=O) groups is 1. The minimum atomic E-state index is -0.114. The zero-order valence-corrected chi connectivity index (χ0v) is 13.3. The summed E-state index contributed by atoms with van der Waals surface area (Å²) < 4.78 is 5.91. The molecule has 124 valence electrons. The molecule has 0 aromatic carbocycles. The van der Waals surface area contributed by atoms with Crippen molar-refractivity contribution in [2.45, 2.75) is 38.0 Å². The van der Waals surface area contributed by atoms with Gasteiger partial charge in [-0.2, -0.15) is 0 Å². The van der Waals surface area contributed by atoms with Crippen molar-refractivity contribution in [1.29, 1.82) is 0 Å². The Morgan fingerprint density at radius 1 is 1.35 bits per heavy atom. The normalized spacial score (nSPS) is 31.3. The number of likely N-dealkylation sites (tertiary alicyclic amines) is 1. The lowest BCUT2D eigenvalue weighted by Crippen LogP contribution is -2.43. The van der Waals surface area contributed by atoms with Crippen LogP contribution in [0.1, 0.15) is 24.8 Å². The highest BCUT2D eigenvalue weighted by atomic mass is 16.7. The molecule has 0 unspecified atom stereocenters. The van der Waals surface area contributed by atoms with Crippen molar-refractivity contribution >= 4 is 5.91 Å². The van der Waals surface area contributed by atoms with Gasteiger partial charge in [0, 0.05) is 44.7 Å². The minimum Gasteiger partial charge on any atom is -0.376 e. The summed E-state index contributed by atoms with van der Waals surface area (Å²) in [6.07, 6.45) is 6.74. The fourth-order valence-electron chi connectivity index (χ4n) is 3.95. The van der Waals surface area contributed by atoms with Crippen molar-refractivity contribution in [2.24, 2.45) is 5.92 Å². The zero-order valence-electron chi connectivity index (χ0n) is 13.3. The van der Waals surface area contributed by atoms with Gasteiger partial charge in [-0.3, -0.25) is 19.5 Å². The summed E-state index contributed by atoms with van der Waals surface area (Å²) >= 11 is 0. The van der Waals surface area contributed by atoms with Gasteiger partial charge in [0.2, 0.25) is 0 Å². The molecule has 0 spiro atoms. The molecule has 4 heterocycles. The Labute approximate surface area is 136 Å². The van der Waals surface area contributed by atoms with Crippen LogP contribution in [0.5, 0.6) is 0 Å². The van der Waals surface area contributed by atoms with E-state index in [-0.39, 0.29) is 17.9 Å². The van der Waals surface area contributed by atoms with Crippen LogP contribution in [-0.2, 0) is 20.9 Å². The second-order valence-electron chi connectivity index (χ2n) is 6.57. The monoisotopic (exact) mass is 317 g/mol. The molecule has 1 aromatic rings. The van der Waals surface area contributed by atoms with E-state index in [1.165, 1.54) is 5.56 Å². The summed E-state index contributed by atoms with van der Waals surface area (Å²) in [4.78, 5) is 24.9. The van der Waals surface area contributed by atoms with Crippen molar-refractivity contribution in [3.8, 4) is 0 Å². The van der Waals surface area contributed by atoms with Crippen molar-refractivity contribution in [2.75, 3.05) is 26.3 Å². The Balaban J connectivity index is 1.47. The average Bonchev–Trinajstić information content (AvgIpc) is 3.20. The number of carbonyl (C=O) groups excluding carboxylic acids is 1. The van der Waals surface area contributed by atoms with Gasteiger partial charge in [0.05, 0.1) is 18.6 Å². The lowest BCUT2D eigenvalue weighted by molar-refractivity contribution is -0.203. The predicted octanol–water partition coefficient (Wildman–Crippen LogP) is 1.22. The van der Waals surface area contributed by atoms with Crippen LogP contribution in [0.25, 0.3) is 0 Å². The molecule has 0 bridgehead atoms. The largest absolute Gasteiger partial charge is 0.376 e. The Kier molecular flexibility index (Phi) is 4.29. The van der Waals surface area contributed by atoms with Crippen LogP contribution in [0.15, 0.2) is 24.5 Å². The Morgan fingerprint density at radius 2 is 2.30 bits per heavy atom. The number of rotatable bonds is 3. The van der Waals surface area contributed by atoms with Gasteiger partial charge in [0.15, 0.2) is 0 Å². The fourth-order valence-corrected chi connectivity index (χ4v) is 3.95. The number of hydrogen-bond acceptors (Lipinski definition) is 5. The van der Waals surface area contributed by atoms with Crippen LogP contribution in [0.4, 0.5) is 0 Å². The second kappa shape index (κ2) is 6.55. The van der Waals surface area contributed by atoms with E-state index in [1.807, 2.05) is 12.3 Å². The third-order valence-electron chi connectivity index (χ3n) is 5.07. The first kappa shape index (κ1) is 15.1. The van der Waals surface area contributed by atoms with E-state index in [4.69, 9.17) is 9.57 Å². The van der Waals surface area contributed by atoms with E-state index in [1.54, 1.807) is 11.3 Å². The maximum absolute atomic E-state index is 12.8. The molecule has 6 nitrogen and oxygen atoms in total. The van der Waals surface area contributed by atoms with Gasteiger partial charge < -0.3 is 4.74 Å². The Hall–Kier alpha value is -1.50. The lowest BCUT2D eigenvalue weighted by atomic mass is 10.0. The number of fused-ring (bicyclic) bond motifs is 1. The van der Waals surface area contributed by atoms with Crippen LogP contribution in [0, 0.1) is 5.92 Å². The smallest absolute Gasteiger partial charge is 0.253 e. The highest BCUT2D eigenvalue weighted by molar-refractivity contribution is 5.79. The topological polar surface area (TPSA) is 54.9 Å². The SMILES string of the molecule is O=C([C@@H]1CN(Cc2cccnc2)[C@H]2CCO[C@@H]12)N1CCCCO1. The van der Waals surface area contributed by atoms with E-state index in [2.05, 4.69) is 16.0 Å². The molecular formula is C17H23N3O3. The molecule has 3 atom stereocenters. The van der Waals surface area contributed by atoms with Crippen LogP contribution >= 0.6 is 0 Å². The molecule has 1 amide bonds. The molecule has 3 fully saturated rings. The first-order chi connectivity index (χ1) is 11.3. The van der Waals surface area contributed by atoms with E-state index in [0.717, 1.165) is 39.0 Å². The molecule has 1 aromatic heterocycles. The molecule has 3 saturated heterocycles. The van der Waals surface area contributed by atoms with Crippen LogP contribution in [0.3, 0.4) is 0 Å². The van der Waals surface area contributed by atoms with E-state index in [0.29, 0.717) is 19.2 Å². The molecule has 0 aliphatic carbocycles. The Bertz CT molecular complexity index is 547. The molecule has 3 aliphatic rings. The van der Waals surface area contributed by atoms with Gasteiger partial charge in [-0.05, 0) is 30.9 Å². The van der Waals surface area contributed by atoms with Crippen LogP contribution < -0.4 is 0 Å². The first-order valence-corrected chi connectivity index (χ1v) is 8.52. The maximum atomic E-state index is 12.8. The summed E-state index contributed by atoms with van der Waals surface area (Å²) in [5, 5.41) is 1.57. The maximum Gasteiger partial charge on any atom is 0.253 e. The highest BCUT2D eigenvalue weighted by Crippen LogP contribution is 2.35. The van der Waals surface area contributed by atoms with Crippen molar-refractivity contribution in [3.05, 3.63) is 30.1 Å². The van der Waals surface area contributed by atoms with E-state index < -0.39 is 0 Å². The van der Waals surface area contributed by atoms with E-state index >= 15 is 0 Å². The molecular weight excluding hydrogens is 294 g/mol. The van der Waals surface area contributed by atoms with Gasteiger partial charge in [-0.15, -0.1) is 0 Å². The zero-order chi connectivity index (χ0) is 15.6. The number of amides is 1. The van der Waals surface area contributed by atoms with E-state index in [9.17, 15) is 4.79 Å². The molecule has 0 N–H and O–H groups in total. The van der Waals surface area contributed by atoms with Gasteiger partial charge in [0.1, 0.15) is 0 Å². The van der Waals surface area contributed by atoms with Crippen LogP contribution in [0.2, 0.25) is 0 Å². The standard InChI is InChI=1S/C17H23N3O3/c21-17(20-7-1-2-8-23-20)14-12-19(15-5-9-22-16(14)15)11-13-4-3-6-18-10-13/h3-4,6,10,14-16H,1-2,5,7-9,11-12H2/t14-,15+,16+/m1/s1. The quantitative estimate of drug-likeness (QED) is 0.839. The number of pyridine rings is 1. The average molecular weight is 317 g/mol. The number of hydrogen-bond donors (Lipinski definition) is 0. The molecule has 0 saturated carbocycles. The van der Waals surface area contributed by atoms with Crippen molar-refractivity contribution < 1.29 is 14.4 Å². The number of nitrogens with zero attached hydrogens (tertiary/aromatic N) is 3. The molecule has 3 aliphatic heterocycles. The van der Waals surface area contributed by atoms with Crippen LogP contribution in [-0.4, -0.2) is 59.3 Å². The molecule has 23 heavy (non-hydrogen) atoms. The summed E-state index contributed by atoms with van der Waals surface area (Å²) in [5.74, 6) is -0.0208. The third kappa shape index (κ3) is 2.98. The minimum absolute atomic E-state index is 0.00435. The number of hydroxylamine groups is 2. The number of ether oxygens (including phenoxy) is 1. The lowest BCUT2D eigenvalue weighted by Gasteiger charge is -2.29. The highest BCUT2D eigenvalue weighted by Gasteiger charge is 2.49. The third-order valence-corrected chi connectivity index (χ3v) is 5.07. The molecule has 6 heteroatoms. The van der Waals surface area contributed by atoms with Gasteiger partial charge in [-0.25, -0.2) is 5.06 Å². The second-order valence-corrected chi connectivity index (χ2v) is 6.57. The van der Waals surface area contributed by atoms with Crippen molar-refractivity contribution in [3.63, 3.8) is 0 Å². The number of aromatic nitrogens is 1. The molecule has 4 rings (SSSR count). The first-order valence-electron chi connectivity index (χ1n) is 8.52. The fraction of sp³-hybridized carbons (Fsp3) is 0.647.